The molecule has 5 nitrogen and oxygen atoms in total. The van der Waals surface area contributed by atoms with Crippen molar-refractivity contribution in [3.63, 3.8) is 0 Å². The normalized spacial score (nSPS) is 11.2. The number of carbonyl (C=O) groups excluding carboxylic acids is 1. The van der Waals surface area contributed by atoms with E-state index in [2.05, 4.69) is 31.9 Å². The Morgan fingerprint density at radius 1 is 1.39 bits per heavy atom. The van der Waals surface area contributed by atoms with Gasteiger partial charge in [0.15, 0.2) is 5.75 Å². The van der Waals surface area contributed by atoms with Gasteiger partial charge in [0.2, 0.25) is 5.70 Å². The van der Waals surface area contributed by atoms with Crippen LogP contribution >= 0.6 is 31.9 Å². The monoisotopic (exact) mass is 377 g/mol. The van der Waals surface area contributed by atoms with Crippen molar-refractivity contribution in [2.24, 2.45) is 0 Å². The Balaban J connectivity index is 3.36. The summed E-state index contributed by atoms with van der Waals surface area (Å²) in [5.74, 6) is -0.238. The van der Waals surface area contributed by atoms with Crippen LogP contribution in [-0.2, 0) is 4.79 Å². The number of nitro groups is 1. The molecule has 0 bridgehead atoms. The van der Waals surface area contributed by atoms with Crippen molar-refractivity contribution in [2.75, 3.05) is 0 Å². The first-order chi connectivity index (χ1) is 8.31. The highest BCUT2D eigenvalue weighted by molar-refractivity contribution is 9.11. The zero-order valence-electron chi connectivity index (χ0n) is 9.57. The van der Waals surface area contributed by atoms with Crippen molar-refractivity contribution >= 4 is 43.9 Å². The molecular formula is C11H9Br2NO4. The highest BCUT2D eigenvalue weighted by Crippen LogP contribution is 2.34. The molecule has 0 aliphatic rings. The van der Waals surface area contributed by atoms with Gasteiger partial charge in [-0.25, -0.2) is 0 Å². The summed E-state index contributed by atoms with van der Waals surface area (Å²) >= 11 is 6.52. The van der Waals surface area contributed by atoms with Crippen LogP contribution in [0.25, 0.3) is 6.08 Å². The second kappa shape index (κ2) is 6.10. The van der Waals surface area contributed by atoms with Gasteiger partial charge >= 0.3 is 5.97 Å². The zero-order chi connectivity index (χ0) is 13.9. The Hall–Kier alpha value is -1.21. The quantitative estimate of drug-likeness (QED) is 0.347. The minimum absolute atomic E-state index is 0.0478. The number of hydrogen-bond acceptors (Lipinski definition) is 4. The molecule has 0 saturated heterocycles. The van der Waals surface area contributed by atoms with Crippen LogP contribution in [0.1, 0.15) is 19.4 Å². The van der Waals surface area contributed by atoms with Gasteiger partial charge in [-0.05, 0) is 28.1 Å². The lowest BCUT2D eigenvalue weighted by Crippen LogP contribution is -2.04. The summed E-state index contributed by atoms with van der Waals surface area (Å²) in [5, 5.41) is 10.6. The topological polar surface area (TPSA) is 69.4 Å². The maximum atomic E-state index is 11.0. The van der Waals surface area contributed by atoms with Crippen LogP contribution < -0.4 is 4.74 Å². The molecule has 0 aliphatic carbocycles. The minimum Gasteiger partial charge on any atom is -0.425 e. The highest BCUT2D eigenvalue weighted by Gasteiger charge is 2.13. The average Bonchev–Trinajstić information content (AvgIpc) is 2.22. The first-order valence-corrected chi connectivity index (χ1v) is 6.40. The first kappa shape index (κ1) is 14.8. The van der Waals surface area contributed by atoms with Crippen molar-refractivity contribution in [3.05, 3.63) is 42.5 Å². The summed E-state index contributed by atoms with van der Waals surface area (Å²) in [6.07, 6.45) is 1.34. The molecule has 0 N–H and O–H groups in total. The Labute approximate surface area is 120 Å². The lowest BCUT2D eigenvalue weighted by molar-refractivity contribution is -0.422. The summed E-state index contributed by atoms with van der Waals surface area (Å²) in [4.78, 5) is 21.1. The van der Waals surface area contributed by atoms with Crippen LogP contribution in [0.15, 0.2) is 26.8 Å². The third-order valence-corrected chi connectivity index (χ3v) is 2.98. The molecule has 1 aromatic carbocycles. The van der Waals surface area contributed by atoms with Gasteiger partial charge < -0.3 is 4.74 Å². The van der Waals surface area contributed by atoms with Crippen molar-refractivity contribution in [3.8, 4) is 5.75 Å². The van der Waals surface area contributed by atoms with Crippen molar-refractivity contribution < 1.29 is 14.5 Å². The third kappa shape index (κ3) is 3.92. The van der Waals surface area contributed by atoms with Gasteiger partial charge in [-0.3, -0.25) is 14.9 Å². The fourth-order valence-corrected chi connectivity index (χ4v) is 2.56. The van der Waals surface area contributed by atoms with Crippen LogP contribution in [0, 0.1) is 10.1 Å². The van der Waals surface area contributed by atoms with Crippen molar-refractivity contribution in [1.29, 1.82) is 0 Å². The Morgan fingerprint density at radius 3 is 2.50 bits per heavy atom. The molecule has 0 heterocycles. The number of halogens is 2. The van der Waals surface area contributed by atoms with Gasteiger partial charge in [0, 0.05) is 30.0 Å². The maximum Gasteiger partial charge on any atom is 0.308 e. The fourth-order valence-electron chi connectivity index (χ4n) is 1.22. The van der Waals surface area contributed by atoms with E-state index in [4.69, 9.17) is 4.74 Å². The Bertz CT molecular complexity index is 540. The second-order valence-electron chi connectivity index (χ2n) is 3.44. The minimum atomic E-state index is -0.508. The molecule has 0 amide bonds. The van der Waals surface area contributed by atoms with Crippen molar-refractivity contribution in [1.82, 2.24) is 0 Å². The van der Waals surface area contributed by atoms with Gasteiger partial charge in [-0.1, -0.05) is 15.9 Å². The highest BCUT2D eigenvalue weighted by atomic mass is 79.9. The number of ether oxygens (including phenoxy) is 1. The molecular weight excluding hydrogens is 370 g/mol. The number of carbonyl (C=O) groups is 1. The maximum absolute atomic E-state index is 11.0. The first-order valence-electron chi connectivity index (χ1n) is 4.81. The van der Waals surface area contributed by atoms with Gasteiger partial charge in [-0.2, -0.15) is 0 Å². The van der Waals surface area contributed by atoms with E-state index < -0.39 is 10.9 Å². The van der Waals surface area contributed by atoms with E-state index in [1.165, 1.54) is 19.9 Å². The van der Waals surface area contributed by atoms with Gasteiger partial charge in [0.05, 0.1) is 9.40 Å². The zero-order valence-corrected chi connectivity index (χ0v) is 12.7. The molecule has 0 radical (unpaired) electrons. The predicted molar refractivity (Wildman–Crippen MR) is 73.8 cm³/mol. The lowest BCUT2D eigenvalue weighted by atomic mass is 10.1. The van der Waals surface area contributed by atoms with E-state index >= 15 is 0 Å². The lowest BCUT2D eigenvalue weighted by Gasteiger charge is -2.08. The molecule has 0 aliphatic heterocycles. The Morgan fingerprint density at radius 2 is 2.00 bits per heavy atom. The van der Waals surface area contributed by atoms with Crippen LogP contribution in [0.4, 0.5) is 0 Å². The largest absolute Gasteiger partial charge is 0.425 e. The summed E-state index contributed by atoms with van der Waals surface area (Å²) in [6.45, 7) is 2.63. The van der Waals surface area contributed by atoms with E-state index in [-0.39, 0.29) is 11.4 Å². The number of hydrogen-bond donors (Lipinski definition) is 0. The molecule has 0 spiro atoms. The number of rotatable bonds is 3. The second-order valence-corrected chi connectivity index (χ2v) is 5.21. The van der Waals surface area contributed by atoms with E-state index in [1.54, 1.807) is 12.1 Å². The van der Waals surface area contributed by atoms with Crippen LogP contribution in [-0.4, -0.2) is 10.9 Å². The summed E-state index contributed by atoms with van der Waals surface area (Å²) in [7, 11) is 0. The van der Waals surface area contributed by atoms with E-state index in [1.807, 2.05) is 0 Å². The predicted octanol–water partition coefficient (Wildman–Crippen LogP) is 3.77. The van der Waals surface area contributed by atoms with Gasteiger partial charge in [0.25, 0.3) is 0 Å². The molecule has 96 valence electrons. The number of allylic oxidation sites excluding steroid dienone is 1. The molecule has 7 heteroatoms. The fraction of sp³-hybridized carbons (Fsp3) is 0.182. The van der Waals surface area contributed by atoms with Crippen molar-refractivity contribution in [2.45, 2.75) is 13.8 Å². The summed E-state index contributed by atoms with van der Waals surface area (Å²) in [5.41, 5.74) is 0.397. The molecule has 0 saturated carbocycles. The molecule has 1 aromatic rings. The Kier molecular flexibility index (Phi) is 5.03. The molecule has 18 heavy (non-hydrogen) atoms. The number of nitrogens with zero attached hydrogens (tertiary/aromatic N) is 1. The van der Waals surface area contributed by atoms with E-state index in [0.29, 0.717) is 14.5 Å². The van der Waals surface area contributed by atoms with Crippen LogP contribution in [0.2, 0.25) is 0 Å². The standard InChI is InChI=1S/C11H9Br2NO4/c1-6(14(16)17)3-8-4-9(12)5-10(13)11(8)18-7(2)15/h3-5H,1-2H3/b6-3+. The number of benzene rings is 1. The van der Waals surface area contributed by atoms with Gasteiger partial charge in [0.1, 0.15) is 0 Å². The molecule has 0 atom stereocenters. The summed E-state index contributed by atoms with van der Waals surface area (Å²) < 4.78 is 6.29. The third-order valence-electron chi connectivity index (χ3n) is 1.94. The SMILES string of the molecule is CC(=O)Oc1c(Br)cc(Br)cc1/C=C(\C)[N+](=O)[O-]. The molecule has 0 fully saturated rings. The van der Waals surface area contributed by atoms with E-state index in [9.17, 15) is 14.9 Å². The smallest absolute Gasteiger partial charge is 0.308 e. The molecule has 0 aromatic heterocycles. The summed E-state index contributed by atoms with van der Waals surface area (Å²) in [6, 6.07) is 3.33. The van der Waals surface area contributed by atoms with Crippen LogP contribution in [0.5, 0.6) is 5.75 Å². The van der Waals surface area contributed by atoms with Crippen LogP contribution in [0.3, 0.4) is 0 Å². The van der Waals surface area contributed by atoms with E-state index in [0.717, 1.165) is 0 Å². The average molecular weight is 379 g/mol. The molecule has 1 rings (SSSR count). The van der Waals surface area contributed by atoms with Gasteiger partial charge in [-0.15, -0.1) is 0 Å². The number of esters is 1. The molecule has 0 unspecified atom stereocenters.